The predicted octanol–water partition coefficient (Wildman–Crippen LogP) is 3.86. The van der Waals surface area contributed by atoms with Gasteiger partial charge >= 0.3 is 0 Å². The Labute approximate surface area is 145 Å². The van der Waals surface area contributed by atoms with Crippen molar-refractivity contribution in [3.63, 3.8) is 0 Å². The molecule has 2 aliphatic heterocycles. The second-order valence-corrected chi connectivity index (χ2v) is 6.17. The van der Waals surface area contributed by atoms with Crippen molar-refractivity contribution in [3.8, 4) is 23.0 Å². The van der Waals surface area contributed by atoms with Gasteiger partial charge in [-0.1, -0.05) is 6.07 Å². The smallest absolute Gasteiger partial charge is 0.231 e. The molecule has 0 aromatic heterocycles. The van der Waals surface area contributed by atoms with Crippen LogP contribution in [-0.4, -0.2) is 25.1 Å². The topological polar surface area (TPSA) is 54.0 Å². The molecular formula is C20H18O5. The Morgan fingerprint density at radius 3 is 2.60 bits per heavy atom. The van der Waals surface area contributed by atoms with Crippen molar-refractivity contribution >= 4 is 11.9 Å². The lowest BCUT2D eigenvalue weighted by Gasteiger charge is -2.18. The molecule has 0 amide bonds. The first-order valence-electron chi connectivity index (χ1n) is 8.25. The first-order valence-corrected chi connectivity index (χ1v) is 8.25. The second-order valence-electron chi connectivity index (χ2n) is 6.17. The van der Waals surface area contributed by atoms with Crippen molar-refractivity contribution in [1.82, 2.24) is 0 Å². The van der Waals surface area contributed by atoms with Crippen LogP contribution in [0.1, 0.15) is 29.8 Å². The number of rotatable bonds is 3. The molecule has 0 atom stereocenters. The molecule has 5 heteroatoms. The van der Waals surface area contributed by atoms with E-state index in [0.29, 0.717) is 41.8 Å². The maximum absolute atomic E-state index is 12.5. The summed E-state index contributed by atoms with van der Waals surface area (Å²) in [5.41, 5.74) is 1.36. The maximum Gasteiger partial charge on any atom is 0.231 e. The van der Waals surface area contributed by atoms with Crippen LogP contribution in [0.15, 0.2) is 42.2 Å². The molecule has 0 N–H and O–H groups in total. The lowest BCUT2D eigenvalue weighted by Crippen LogP contribution is -2.15. The average Bonchev–Trinajstić information content (AvgIpc) is 2.89. The van der Waals surface area contributed by atoms with Crippen LogP contribution in [0.2, 0.25) is 0 Å². The summed E-state index contributed by atoms with van der Waals surface area (Å²) < 4.78 is 22.5. The molecule has 2 aromatic rings. The van der Waals surface area contributed by atoms with Crippen LogP contribution in [0.4, 0.5) is 0 Å². The molecule has 0 aliphatic carbocycles. The molecular weight excluding hydrogens is 320 g/mol. The monoisotopic (exact) mass is 338 g/mol. The molecule has 0 bridgehead atoms. The van der Waals surface area contributed by atoms with E-state index >= 15 is 0 Å². The number of benzene rings is 2. The van der Waals surface area contributed by atoms with Crippen molar-refractivity contribution in [3.05, 3.63) is 53.3 Å². The number of allylic oxidation sites excluding steroid dienone is 1. The largest absolute Gasteiger partial charge is 0.491 e. The standard InChI is InChI=1S/C20H18O5/c1-12(2)24-14-4-5-15-17(11-14)25-19(20(15)21)10-13-3-6-16-18(9-13)23-8-7-22-16/h3-6,9-12H,7-8H2,1-2H3. The minimum absolute atomic E-state index is 0.0582. The summed E-state index contributed by atoms with van der Waals surface area (Å²) in [5, 5.41) is 0. The van der Waals surface area contributed by atoms with Crippen LogP contribution in [0.5, 0.6) is 23.0 Å². The van der Waals surface area contributed by atoms with E-state index in [-0.39, 0.29) is 17.6 Å². The number of hydrogen-bond acceptors (Lipinski definition) is 5. The fourth-order valence-corrected chi connectivity index (χ4v) is 2.81. The number of ketones is 1. The summed E-state index contributed by atoms with van der Waals surface area (Å²) in [6.45, 7) is 4.97. The number of carbonyl (C=O) groups is 1. The van der Waals surface area contributed by atoms with E-state index in [4.69, 9.17) is 18.9 Å². The van der Waals surface area contributed by atoms with Crippen LogP contribution in [-0.2, 0) is 0 Å². The Bertz CT molecular complexity index is 866. The van der Waals surface area contributed by atoms with Gasteiger partial charge in [0.2, 0.25) is 5.78 Å². The van der Waals surface area contributed by atoms with E-state index in [0.717, 1.165) is 5.56 Å². The van der Waals surface area contributed by atoms with Gasteiger partial charge in [-0.2, -0.15) is 0 Å². The van der Waals surface area contributed by atoms with Crippen molar-refractivity contribution in [2.75, 3.05) is 13.2 Å². The molecule has 2 aliphatic rings. The normalized spacial score (nSPS) is 16.8. The van der Waals surface area contributed by atoms with Crippen molar-refractivity contribution in [2.24, 2.45) is 0 Å². The van der Waals surface area contributed by atoms with E-state index in [1.54, 1.807) is 24.3 Å². The highest BCUT2D eigenvalue weighted by Crippen LogP contribution is 2.36. The van der Waals surface area contributed by atoms with Gasteiger partial charge in [-0.15, -0.1) is 0 Å². The van der Waals surface area contributed by atoms with Crippen LogP contribution in [0.3, 0.4) is 0 Å². The minimum Gasteiger partial charge on any atom is -0.491 e. The van der Waals surface area contributed by atoms with Gasteiger partial charge in [0.05, 0.1) is 11.7 Å². The molecule has 2 heterocycles. The van der Waals surface area contributed by atoms with Gasteiger partial charge in [0.25, 0.3) is 0 Å². The lowest BCUT2D eigenvalue weighted by atomic mass is 10.1. The van der Waals surface area contributed by atoms with Crippen LogP contribution in [0.25, 0.3) is 6.08 Å². The zero-order valence-electron chi connectivity index (χ0n) is 14.1. The molecule has 0 unspecified atom stereocenters. The lowest BCUT2D eigenvalue weighted by molar-refractivity contribution is 0.101. The van der Waals surface area contributed by atoms with Gasteiger partial charge in [-0.3, -0.25) is 4.79 Å². The zero-order chi connectivity index (χ0) is 17.4. The van der Waals surface area contributed by atoms with E-state index in [1.165, 1.54) is 0 Å². The highest BCUT2D eigenvalue weighted by atomic mass is 16.6. The van der Waals surface area contributed by atoms with Crippen molar-refractivity contribution in [2.45, 2.75) is 20.0 Å². The first kappa shape index (κ1) is 15.6. The first-order chi connectivity index (χ1) is 12.1. The Kier molecular flexibility index (Phi) is 3.84. The number of fused-ring (bicyclic) bond motifs is 2. The van der Waals surface area contributed by atoms with E-state index in [2.05, 4.69) is 0 Å². The Morgan fingerprint density at radius 2 is 1.80 bits per heavy atom. The molecule has 4 rings (SSSR count). The molecule has 128 valence electrons. The molecule has 5 nitrogen and oxygen atoms in total. The minimum atomic E-state index is -0.138. The molecule has 0 spiro atoms. The average molecular weight is 338 g/mol. The van der Waals surface area contributed by atoms with Gasteiger partial charge in [-0.05, 0) is 49.8 Å². The Balaban J connectivity index is 1.61. The number of Topliss-reactive ketones (excluding diaryl/α,β-unsaturated/α-hetero) is 1. The van der Waals surface area contributed by atoms with Gasteiger partial charge in [0.1, 0.15) is 24.7 Å². The van der Waals surface area contributed by atoms with E-state index in [9.17, 15) is 4.79 Å². The molecule has 0 fully saturated rings. The van der Waals surface area contributed by atoms with Gasteiger partial charge in [-0.25, -0.2) is 0 Å². The Morgan fingerprint density at radius 1 is 1.00 bits per heavy atom. The summed E-state index contributed by atoms with van der Waals surface area (Å²) in [6, 6.07) is 10.8. The van der Waals surface area contributed by atoms with Crippen LogP contribution in [0, 0.1) is 0 Å². The SMILES string of the molecule is CC(C)Oc1ccc2c(c1)OC(=Cc1ccc3c(c1)OCCO3)C2=O. The third kappa shape index (κ3) is 3.05. The number of carbonyl (C=O) groups excluding carboxylic acids is 1. The van der Waals surface area contributed by atoms with Gasteiger partial charge in [0.15, 0.2) is 17.3 Å². The Hall–Kier alpha value is -2.95. The maximum atomic E-state index is 12.5. The van der Waals surface area contributed by atoms with E-state index < -0.39 is 0 Å². The third-order valence-electron chi connectivity index (χ3n) is 3.88. The van der Waals surface area contributed by atoms with Crippen LogP contribution >= 0.6 is 0 Å². The summed E-state index contributed by atoms with van der Waals surface area (Å²) in [6.07, 6.45) is 1.77. The van der Waals surface area contributed by atoms with Gasteiger partial charge in [0, 0.05) is 6.07 Å². The summed E-state index contributed by atoms with van der Waals surface area (Å²) in [5.74, 6) is 2.74. The molecule has 0 saturated heterocycles. The number of hydrogen-bond donors (Lipinski definition) is 0. The second kappa shape index (κ2) is 6.16. The van der Waals surface area contributed by atoms with Crippen molar-refractivity contribution in [1.29, 1.82) is 0 Å². The fraction of sp³-hybridized carbons (Fsp3) is 0.250. The predicted molar refractivity (Wildman–Crippen MR) is 92.6 cm³/mol. The van der Waals surface area contributed by atoms with Crippen molar-refractivity contribution < 1.29 is 23.7 Å². The quantitative estimate of drug-likeness (QED) is 0.796. The third-order valence-corrected chi connectivity index (χ3v) is 3.88. The van der Waals surface area contributed by atoms with E-state index in [1.807, 2.05) is 32.0 Å². The molecule has 25 heavy (non-hydrogen) atoms. The van der Waals surface area contributed by atoms with Gasteiger partial charge < -0.3 is 18.9 Å². The number of ether oxygens (including phenoxy) is 4. The highest BCUT2D eigenvalue weighted by molar-refractivity contribution is 6.14. The summed E-state index contributed by atoms with van der Waals surface area (Å²) in [4.78, 5) is 12.5. The zero-order valence-corrected chi connectivity index (χ0v) is 14.1. The summed E-state index contributed by atoms with van der Waals surface area (Å²) >= 11 is 0. The molecule has 0 radical (unpaired) electrons. The fourth-order valence-electron chi connectivity index (χ4n) is 2.81. The highest BCUT2D eigenvalue weighted by Gasteiger charge is 2.28. The molecule has 2 aromatic carbocycles. The summed E-state index contributed by atoms with van der Waals surface area (Å²) in [7, 11) is 0. The van der Waals surface area contributed by atoms with Crippen LogP contribution < -0.4 is 18.9 Å². The molecule has 0 saturated carbocycles.